The maximum absolute atomic E-state index is 6.06. The third-order valence-electron chi connectivity index (χ3n) is 2.75. The van der Waals surface area contributed by atoms with Gasteiger partial charge < -0.3 is 0 Å². The van der Waals surface area contributed by atoms with E-state index in [9.17, 15) is 0 Å². The molecule has 0 bridgehead atoms. The van der Waals surface area contributed by atoms with Crippen LogP contribution >= 0.6 is 0 Å². The fourth-order valence-electron chi connectivity index (χ4n) is 2.03. The lowest BCUT2D eigenvalue weighted by atomic mass is 9.87. The smallest absolute Gasteiger partial charge is 0.0884 e. The Morgan fingerprint density at radius 1 is 0.882 bits per heavy atom. The monoisotopic (exact) mass is 218 g/mol. The van der Waals surface area contributed by atoms with E-state index >= 15 is 0 Å². The Labute approximate surface area is 104 Å². The van der Waals surface area contributed by atoms with Crippen LogP contribution in [0.5, 0.6) is 0 Å². The Hall–Kier alpha value is -1.76. The SMILES string of the molecule is [B]c1cc(C=CC)cc2cc(C=CC)ccc12. The lowest BCUT2D eigenvalue weighted by Crippen LogP contribution is -2.04. The Kier molecular flexibility index (Phi) is 3.48. The fourth-order valence-corrected chi connectivity index (χ4v) is 2.03. The largest absolute Gasteiger partial charge is 0.114 e. The number of benzene rings is 2. The van der Waals surface area contributed by atoms with Crippen molar-refractivity contribution in [2.75, 3.05) is 0 Å². The minimum atomic E-state index is 0.836. The number of hydrogen-bond donors (Lipinski definition) is 0. The maximum Gasteiger partial charge on any atom is 0.114 e. The zero-order chi connectivity index (χ0) is 12.3. The molecule has 2 aromatic carbocycles. The molecular formula is C16H15B. The molecule has 1 heteroatoms. The van der Waals surface area contributed by atoms with Crippen LogP contribution in [-0.4, -0.2) is 7.85 Å². The molecule has 2 aromatic rings. The van der Waals surface area contributed by atoms with E-state index < -0.39 is 0 Å². The normalized spacial score (nSPS) is 11.9. The lowest BCUT2D eigenvalue weighted by molar-refractivity contribution is 1.67. The first-order valence-electron chi connectivity index (χ1n) is 5.83. The maximum atomic E-state index is 6.06. The molecule has 0 aromatic heterocycles. The highest BCUT2D eigenvalue weighted by atomic mass is 14.0. The second-order valence-corrected chi connectivity index (χ2v) is 4.09. The summed E-state index contributed by atoms with van der Waals surface area (Å²) in [5.41, 5.74) is 3.19. The second-order valence-electron chi connectivity index (χ2n) is 4.09. The van der Waals surface area contributed by atoms with Crippen LogP contribution in [0.25, 0.3) is 22.9 Å². The van der Waals surface area contributed by atoms with Gasteiger partial charge in [-0.05, 0) is 47.9 Å². The van der Waals surface area contributed by atoms with Gasteiger partial charge in [0.15, 0.2) is 0 Å². The van der Waals surface area contributed by atoms with E-state index in [0.29, 0.717) is 0 Å². The van der Waals surface area contributed by atoms with Crippen LogP contribution < -0.4 is 5.46 Å². The van der Waals surface area contributed by atoms with Gasteiger partial charge in [-0.15, -0.1) is 0 Å². The molecule has 0 fully saturated rings. The topological polar surface area (TPSA) is 0 Å². The molecule has 0 unspecified atom stereocenters. The Morgan fingerprint density at radius 3 is 2.24 bits per heavy atom. The Balaban J connectivity index is 2.65. The summed E-state index contributed by atoms with van der Waals surface area (Å²) in [6.45, 7) is 4.03. The van der Waals surface area contributed by atoms with Crippen LogP contribution in [0.1, 0.15) is 25.0 Å². The van der Waals surface area contributed by atoms with Crippen LogP contribution in [0.4, 0.5) is 0 Å². The van der Waals surface area contributed by atoms with Crippen molar-refractivity contribution in [3.8, 4) is 0 Å². The van der Waals surface area contributed by atoms with E-state index in [1.807, 2.05) is 32.1 Å². The predicted molar refractivity (Wildman–Crippen MR) is 78.8 cm³/mol. The van der Waals surface area contributed by atoms with E-state index in [2.05, 4.69) is 36.4 Å². The van der Waals surface area contributed by atoms with Crippen LogP contribution in [0, 0.1) is 0 Å². The summed E-state index contributed by atoms with van der Waals surface area (Å²) in [7, 11) is 6.06. The van der Waals surface area contributed by atoms with Gasteiger partial charge in [-0.2, -0.15) is 0 Å². The van der Waals surface area contributed by atoms with Crippen molar-refractivity contribution in [1.82, 2.24) is 0 Å². The van der Waals surface area contributed by atoms with E-state index in [4.69, 9.17) is 7.85 Å². The Morgan fingerprint density at radius 2 is 1.53 bits per heavy atom. The third-order valence-corrected chi connectivity index (χ3v) is 2.75. The van der Waals surface area contributed by atoms with Crippen molar-refractivity contribution in [2.24, 2.45) is 0 Å². The van der Waals surface area contributed by atoms with Crippen molar-refractivity contribution in [1.29, 1.82) is 0 Å². The van der Waals surface area contributed by atoms with Crippen molar-refractivity contribution >= 4 is 36.2 Å². The van der Waals surface area contributed by atoms with Gasteiger partial charge in [0, 0.05) is 0 Å². The molecule has 17 heavy (non-hydrogen) atoms. The van der Waals surface area contributed by atoms with Crippen molar-refractivity contribution in [2.45, 2.75) is 13.8 Å². The van der Waals surface area contributed by atoms with Crippen molar-refractivity contribution < 1.29 is 0 Å². The van der Waals surface area contributed by atoms with Crippen LogP contribution in [0.3, 0.4) is 0 Å². The molecule has 0 nitrogen and oxygen atoms in total. The second kappa shape index (κ2) is 5.05. The third kappa shape index (κ3) is 2.50. The minimum absolute atomic E-state index is 0.836. The quantitative estimate of drug-likeness (QED) is 0.674. The Bertz CT molecular complexity index is 586. The fraction of sp³-hybridized carbons (Fsp3) is 0.125. The molecule has 0 aliphatic heterocycles. The summed E-state index contributed by atoms with van der Waals surface area (Å²) in [5, 5.41) is 2.31. The van der Waals surface area contributed by atoms with Crippen LogP contribution in [0.2, 0.25) is 0 Å². The molecule has 0 saturated carbocycles. The first-order valence-corrected chi connectivity index (χ1v) is 5.83. The van der Waals surface area contributed by atoms with Crippen molar-refractivity contribution in [3.05, 3.63) is 53.6 Å². The van der Waals surface area contributed by atoms with Gasteiger partial charge in [0.05, 0.1) is 0 Å². The summed E-state index contributed by atoms with van der Waals surface area (Å²) in [5.74, 6) is 0. The molecule has 0 saturated heterocycles. The summed E-state index contributed by atoms with van der Waals surface area (Å²) < 4.78 is 0. The number of hydrogen-bond acceptors (Lipinski definition) is 0. The zero-order valence-electron chi connectivity index (χ0n) is 10.3. The molecule has 0 amide bonds. The highest BCUT2D eigenvalue weighted by Gasteiger charge is 1.99. The van der Waals surface area contributed by atoms with Gasteiger partial charge in [-0.3, -0.25) is 0 Å². The van der Waals surface area contributed by atoms with E-state index in [1.54, 1.807) is 0 Å². The molecule has 0 N–H and O–H groups in total. The molecule has 2 radical (unpaired) electrons. The van der Waals surface area contributed by atoms with E-state index in [0.717, 1.165) is 16.4 Å². The predicted octanol–water partition coefficient (Wildman–Crippen LogP) is 3.70. The van der Waals surface area contributed by atoms with Gasteiger partial charge in [0.25, 0.3) is 0 Å². The first-order chi connectivity index (χ1) is 8.24. The molecule has 82 valence electrons. The highest BCUT2D eigenvalue weighted by molar-refractivity contribution is 6.39. The molecule has 0 aliphatic carbocycles. The molecular weight excluding hydrogens is 203 g/mol. The average molecular weight is 218 g/mol. The number of rotatable bonds is 2. The summed E-state index contributed by atoms with van der Waals surface area (Å²) in [6, 6.07) is 10.5. The van der Waals surface area contributed by atoms with Crippen LogP contribution in [0.15, 0.2) is 42.5 Å². The molecule has 0 heterocycles. The lowest BCUT2D eigenvalue weighted by Gasteiger charge is -2.06. The molecule has 0 atom stereocenters. The summed E-state index contributed by atoms with van der Waals surface area (Å²) in [6.07, 6.45) is 8.23. The first kappa shape index (κ1) is 11.7. The molecule has 0 aliphatic rings. The van der Waals surface area contributed by atoms with Gasteiger partial charge in [-0.25, -0.2) is 0 Å². The minimum Gasteiger partial charge on any atom is -0.0884 e. The molecule has 2 rings (SSSR count). The number of fused-ring (bicyclic) bond motifs is 1. The highest BCUT2D eigenvalue weighted by Crippen LogP contribution is 2.17. The van der Waals surface area contributed by atoms with Gasteiger partial charge in [0.2, 0.25) is 0 Å². The van der Waals surface area contributed by atoms with Crippen LogP contribution in [-0.2, 0) is 0 Å². The summed E-state index contributed by atoms with van der Waals surface area (Å²) in [4.78, 5) is 0. The number of allylic oxidation sites excluding steroid dienone is 2. The zero-order valence-corrected chi connectivity index (χ0v) is 10.3. The van der Waals surface area contributed by atoms with E-state index in [-0.39, 0.29) is 0 Å². The molecule has 0 spiro atoms. The van der Waals surface area contributed by atoms with Gasteiger partial charge in [0.1, 0.15) is 7.85 Å². The van der Waals surface area contributed by atoms with Gasteiger partial charge in [-0.1, -0.05) is 48.0 Å². The van der Waals surface area contributed by atoms with Crippen molar-refractivity contribution in [3.63, 3.8) is 0 Å². The average Bonchev–Trinajstić information content (AvgIpc) is 2.29. The summed E-state index contributed by atoms with van der Waals surface area (Å²) >= 11 is 0. The standard InChI is InChI=1S/C16H15B/c1-3-5-12-7-8-15-14(9-12)10-13(6-4-2)11-16(15)17/h3-11H,1-2H3. The van der Waals surface area contributed by atoms with E-state index in [1.165, 1.54) is 10.9 Å². The van der Waals surface area contributed by atoms with Gasteiger partial charge >= 0.3 is 0 Å².